The zero-order valence-electron chi connectivity index (χ0n) is 13.4. The van der Waals surface area contributed by atoms with Crippen LogP contribution in [0.25, 0.3) is 0 Å². The zero-order chi connectivity index (χ0) is 13.8. The van der Waals surface area contributed by atoms with Gasteiger partial charge in [-0.25, -0.2) is 0 Å². The Kier molecular flexibility index (Phi) is 5.00. The number of hydrogen-bond acceptors (Lipinski definition) is 3. The topological polar surface area (TPSA) is 18.5 Å². The Bertz CT molecular complexity index is 299. The summed E-state index contributed by atoms with van der Waals surface area (Å²) in [6.07, 6.45) is 10.1. The standard InChI is InChI=1S/C17H33N3/c1-2-18-14-17(8-3-4-9-17)15-19-10-6-12-20-11-5-7-16(20)13-19/h16,18H,2-15H2,1H3. The van der Waals surface area contributed by atoms with Crippen molar-refractivity contribution in [2.45, 2.75) is 57.9 Å². The monoisotopic (exact) mass is 279 g/mol. The van der Waals surface area contributed by atoms with E-state index >= 15 is 0 Å². The Balaban J connectivity index is 1.59. The summed E-state index contributed by atoms with van der Waals surface area (Å²) in [5, 5.41) is 3.65. The summed E-state index contributed by atoms with van der Waals surface area (Å²) in [5.41, 5.74) is 0.587. The van der Waals surface area contributed by atoms with E-state index in [0.29, 0.717) is 5.41 Å². The number of nitrogens with one attached hydrogen (secondary N) is 1. The van der Waals surface area contributed by atoms with Crippen molar-refractivity contribution in [3.8, 4) is 0 Å². The summed E-state index contributed by atoms with van der Waals surface area (Å²) >= 11 is 0. The van der Waals surface area contributed by atoms with E-state index < -0.39 is 0 Å². The molecule has 0 radical (unpaired) electrons. The Morgan fingerprint density at radius 2 is 1.85 bits per heavy atom. The molecule has 1 N–H and O–H groups in total. The lowest BCUT2D eigenvalue weighted by Gasteiger charge is -2.36. The molecule has 2 saturated heterocycles. The highest BCUT2D eigenvalue weighted by molar-refractivity contribution is 4.92. The molecule has 0 aromatic heterocycles. The van der Waals surface area contributed by atoms with Crippen molar-refractivity contribution in [1.82, 2.24) is 15.1 Å². The lowest BCUT2D eigenvalue weighted by atomic mass is 9.85. The second-order valence-corrected chi connectivity index (χ2v) is 7.41. The molecule has 1 saturated carbocycles. The van der Waals surface area contributed by atoms with Crippen LogP contribution in [0.3, 0.4) is 0 Å². The highest BCUT2D eigenvalue weighted by atomic mass is 15.3. The molecule has 0 bridgehead atoms. The van der Waals surface area contributed by atoms with Crippen molar-refractivity contribution in [3.05, 3.63) is 0 Å². The van der Waals surface area contributed by atoms with Gasteiger partial charge in [-0.05, 0) is 63.7 Å². The van der Waals surface area contributed by atoms with E-state index in [0.717, 1.165) is 12.6 Å². The molecule has 2 aliphatic heterocycles. The lowest BCUT2D eigenvalue weighted by Crippen LogP contribution is -2.45. The normalized spacial score (nSPS) is 31.4. The quantitative estimate of drug-likeness (QED) is 0.833. The summed E-state index contributed by atoms with van der Waals surface area (Å²) in [6.45, 7) is 11.3. The Morgan fingerprint density at radius 3 is 2.65 bits per heavy atom. The van der Waals surface area contributed by atoms with Gasteiger partial charge in [0.25, 0.3) is 0 Å². The van der Waals surface area contributed by atoms with Gasteiger partial charge in [0.1, 0.15) is 0 Å². The van der Waals surface area contributed by atoms with Gasteiger partial charge in [0, 0.05) is 25.7 Å². The lowest BCUT2D eigenvalue weighted by molar-refractivity contribution is 0.138. The molecule has 3 aliphatic rings. The Hall–Kier alpha value is -0.120. The van der Waals surface area contributed by atoms with Gasteiger partial charge in [-0.15, -0.1) is 0 Å². The van der Waals surface area contributed by atoms with Crippen molar-refractivity contribution >= 4 is 0 Å². The van der Waals surface area contributed by atoms with Crippen LogP contribution in [0.5, 0.6) is 0 Å². The molecule has 3 nitrogen and oxygen atoms in total. The molecule has 0 amide bonds. The molecule has 1 atom stereocenters. The first kappa shape index (κ1) is 14.8. The molecule has 3 fully saturated rings. The molecule has 3 heteroatoms. The van der Waals surface area contributed by atoms with Gasteiger partial charge >= 0.3 is 0 Å². The molecule has 2 heterocycles. The summed E-state index contributed by atoms with van der Waals surface area (Å²) in [7, 11) is 0. The molecule has 1 aliphatic carbocycles. The number of nitrogens with zero attached hydrogens (tertiary/aromatic N) is 2. The first-order valence-electron chi connectivity index (χ1n) is 8.98. The molecule has 1 unspecified atom stereocenters. The minimum absolute atomic E-state index is 0.587. The fourth-order valence-electron chi connectivity index (χ4n) is 4.81. The van der Waals surface area contributed by atoms with E-state index in [-0.39, 0.29) is 0 Å². The third-order valence-corrected chi connectivity index (χ3v) is 5.86. The van der Waals surface area contributed by atoms with Crippen LogP contribution in [0.2, 0.25) is 0 Å². The molecule has 20 heavy (non-hydrogen) atoms. The summed E-state index contributed by atoms with van der Waals surface area (Å²) in [5.74, 6) is 0. The van der Waals surface area contributed by atoms with E-state index in [4.69, 9.17) is 0 Å². The van der Waals surface area contributed by atoms with E-state index in [1.807, 2.05) is 0 Å². The molecule has 116 valence electrons. The first-order chi connectivity index (χ1) is 9.81. The van der Waals surface area contributed by atoms with Crippen molar-refractivity contribution in [2.75, 3.05) is 45.8 Å². The SMILES string of the molecule is CCNCC1(CN2CCCN3CCCC3C2)CCCC1. The van der Waals surface area contributed by atoms with Crippen molar-refractivity contribution in [2.24, 2.45) is 5.41 Å². The van der Waals surface area contributed by atoms with Crippen LogP contribution in [0.1, 0.15) is 51.9 Å². The van der Waals surface area contributed by atoms with E-state index in [9.17, 15) is 0 Å². The smallest absolute Gasteiger partial charge is 0.0223 e. The maximum atomic E-state index is 3.65. The fraction of sp³-hybridized carbons (Fsp3) is 1.00. The molecule has 3 rings (SSSR count). The van der Waals surface area contributed by atoms with Crippen LogP contribution in [-0.4, -0.2) is 61.7 Å². The van der Waals surface area contributed by atoms with E-state index in [2.05, 4.69) is 22.0 Å². The van der Waals surface area contributed by atoms with Gasteiger partial charge in [-0.2, -0.15) is 0 Å². The van der Waals surface area contributed by atoms with Crippen LogP contribution in [0.4, 0.5) is 0 Å². The maximum Gasteiger partial charge on any atom is 0.0223 e. The molecule has 0 aromatic rings. The average Bonchev–Trinajstić information content (AvgIpc) is 3.04. The Morgan fingerprint density at radius 1 is 1.05 bits per heavy atom. The van der Waals surface area contributed by atoms with Crippen LogP contribution in [-0.2, 0) is 0 Å². The third-order valence-electron chi connectivity index (χ3n) is 5.86. The minimum atomic E-state index is 0.587. The van der Waals surface area contributed by atoms with Gasteiger partial charge in [0.05, 0.1) is 0 Å². The van der Waals surface area contributed by atoms with Crippen molar-refractivity contribution in [3.63, 3.8) is 0 Å². The fourth-order valence-corrected chi connectivity index (χ4v) is 4.81. The van der Waals surface area contributed by atoms with Gasteiger partial charge in [0.2, 0.25) is 0 Å². The highest BCUT2D eigenvalue weighted by Gasteiger charge is 2.37. The van der Waals surface area contributed by atoms with Crippen molar-refractivity contribution in [1.29, 1.82) is 0 Å². The summed E-state index contributed by atoms with van der Waals surface area (Å²) < 4.78 is 0. The van der Waals surface area contributed by atoms with Crippen LogP contribution >= 0.6 is 0 Å². The van der Waals surface area contributed by atoms with Crippen LogP contribution in [0.15, 0.2) is 0 Å². The van der Waals surface area contributed by atoms with Gasteiger partial charge in [-0.3, -0.25) is 4.90 Å². The average molecular weight is 279 g/mol. The second kappa shape index (κ2) is 6.76. The molecule has 0 spiro atoms. The number of hydrogen-bond donors (Lipinski definition) is 1. The summed E-state index contributed by atoms with van der Waals surface area (Å²) in [6, 6.07) is 0.870. The summed E-state index contributed by atoms with van der Waals surface area (Å²) in [4.78, 5) is 5.57. The predicted octanol–water partition coefficient (Wildman–Crippen LogP) is 2.33. The largest absolute Gasteiger partial charge is 0.316 e. The van der Waals surface area contributed by atoms with Crippen LogP contribution in [0, 0.1) is 5.41 Å². The zero-order valence-corrected chi connectivity index (χ0v) is 13.4. The first-order valence-corrected chi connectivity index (χ1v) is 8.98. The predicted molar refractivity (Wildman–Crippen MR) is 85.1 cm³/mol. The van der Waals surface area contributed by atoms with Gasteiger partial charge < -0.3 is 10.2 Å². The maximum absolute atomic E-state index is 3.65. The van der Waals surface area contributed by atoms with E-state index in [1.54, 1.807) is 0 Å². The highest BCUT2D eigenvalue weighted by Crippen LogP contribution is 2.39. The molecule has 0 aromatic carbocycles. The van der Waals surface area contributed by atoms with E-state index in [1.165, 1.54) is 84.2 Å². The second-order valence-electron chi connectivity index (χ2n) is 7.41. The minimum Gasteiger partial charge on any atom is -0.316 e. The van der Waals surface area contributed by atoms with Crippen molar-refractivity contribution < 1.29 is 0 Å². The Labute approximate surface area is 125 Å². The van der Waals surface area contributed by atoms with Crippen LogP contribution < -0.4 is 5.32 Å². The molecular weight excluding hydrogens is 246 g/mol. The number of rotatable bonds is 5. The molecular formula is C17H33N3. The van der Waals surface area contributed by atoms with Gasteiger partial charge in [-0.1, -0.05) is 19.8 Å². The third kappa shape index (κ3) is 3.37. The van der Waals surface area contributed by atoms with Gasteiger partial charge in [0.15, 0.2) is 0 Å². The number of fused-ring (bicyclic) bond motifs is 1.